The minimum absolute atomic E-state index is 0.0264. The summed E-state index contributed by atoms with van der Waals surface area (Å²) in [4.78, 5) is 64.1. The second kappa shape index (κ2) is 6.32. The van der Waals surface area contributed by atoms with Crippen LogP contribution in [-0.4, -0.2) is 28.6 Å². The summed E-state index contributed by atoms with van der Waals surface area (Å²) < 4.78 is 0. The maximum absolute atomic E-state index is 13.0. The zero-order valence-electron chi connectivity index (χ0n) is 16.8. The minimum Gasteiger partial charge on any atom is -0.274 e. The molecule has 2 heterocycles. The molecule has 3 fully saturated rings. The van der Waals surface area contributed by atoms with Gasteiger partial charge in [-0.1, -0.05) is 0 Å². The molecule has 160 valence electrons. The summed E-state index contributed by atoms with van der Waals surface area (Å²) in [7, 11) is 0. The predicted octanol–water partition coefficient (Wildman–Crippen LogP) is 2.93. The molecule has 2 aromatic carbocycles. The Morgan fingerprint density at radius 2 is 1.28 bits per heavy atom. The number of hydrogen-bond acceptors (Lipinski definition) is 6. The van der Waals surface area contributed by atoms with Gasteiger partial charge in [-0.15, -0.1) is 0 Å². The van der Waals surface area contributed by atoms with E-state index < -0.39 is 16.7 Å². The molecule has 6 rings (SSSR count). The van der Waals surface area contributed by atoms with Gasteiger partial charge in [-0.25, -0.2) is 4.90 Å². The van der Waals surface area contributed by atoms with Crippen LogP contribution in [0.25, 0.3) is 0 Å². The van der Waals surface area contributed by atoms with Crippen molar-refractivity contribution in [3.05, 3.63) is 63.7 Å². The van der Waals surface area contributed by atoms with Crippen molar-refractivity contribution in [1.29, 1.82) is 0 Å². The fourth-order valence-corrected chi connectivity index (χ4v) is 5.99. The zero-order chi connectivity index (χ0) is 22.3. The number of carbonyl (C=O) groups excluding carboxylic acids is 4. The number of hydrogen-bond donors (Lipinski definition) is 0. The van der Waals surface area contributed by atoms with E-state index in [4.69, 9.17) is 0 Å². The normalized spacial score (nSPS) is 28.0. The molecule has 0 spiro atoms. The van der Waals surface area contributed by atoms with Gasteiger partial charge in [0.2, 0.25) is 11.8 Å². The number of nitro groups is 1. The first kappa shape index (κ1) is 18.9. The average Bonchev–Trinajstić information content (AvgIpc) is 3.52. The fraction of sp³-hybridized carbons (Fsp3) is 0.304. The summed E-state index contributed by atoms with van der Waals surface area (Å²) in [6.07, 6.45) is 2.95. The molecule has 0 unspecified atom stereocenters. The molecule has 9 nitrogen and oxygen atoms in total. The number of carbonyl (C=O) groups is 4. The van der Waals surface area contributed by atoms with Crippen LogP contribution in [0.1, 0.15) is 40.0 Å². The van der Waals surface area contributed by atoms with Crippen molar-refractivity contribution in [2.75, 3.05) is 9.80 Å². The lowest BCUT2D eigenvalue weighted by Crippen LogP contribution is -2.33. The van der Waals surface area contributed by atoms with Crippen LogP contribution in [0.5, 0.6) is 0 Å². The van der Waals surface area contributed by atoms with Crippen molar-refractivity contribution in [2.24, 2.45) is 23.7 Å². The van der Waals surface area contributed by atoms with Crippen molar-refractivity contribution in [2.45, 2.75) is 19.3 Å². The first-order valence-corrected chi connectivity index (χ1v) is 10.5. The van der Waals surface area contributed by atoms with Crippen LogP contribution in [0.3, 0.4) is 0 Å². The number of imide groups is 2. The summed E-state index contributed by atoms with van der Waals surface area (Å²) in [5.74, 6) is -1.43. The number of nitrogens with zero attached hydrogens (tertiary/aromatic N) is 3. The highest BCUT2D eigenvalue weighted by Crippen LogP contribution is 2.56. The van der Waals surface area contributed by atoms with E-state index in [0.717, 1.165) is 30.2 Å². The third kappa shape index (κ3) is 2.33. The summed E-state index contributed by atoms with van der Waals surface area (Å²) in [6, 6.07) is 9.68. The molecule has 0 radical (unpaired) electrons. The SMILES string of the molecule is O=C1c2ccc([N+](=O)[O-])cc2C(=O)N1c1ccc(N2C(=O)[C@H]3[C@@H]4CC[C@@H](C4)[C@@H]3C2=O)cc1. The van der Waals surface area contributed by atoms with E-state index in [9.17, 15) is 29.3 Å². The third-order valence-corrected chi connectivity index (χ3v) is 7.37. The number of rotatable bonds is 3. The third-order valence-electron chi connectivity index (χ3n) is 7.37. The molecule has 9 heteroatoms. The molecule has 4 amide bonds. The Morgan fingerprint density at radius 1 is 0.750 bits per heavy atom. The van der Waals surface area contributed by atoms with Crippen molar-refractivity contribution >= 4 is 40.7 Å². The number of fused-ring (bicyclic) bond motifs is 6. The predicted molar refractivity (Wildman–Crippen MR) is 111 cm³/mol. The number of anilines is 2. The Morgan fingerprint density at radius 3 is 1.84 bits per heavy atom. The average molecular weight is 431 g/mol. The highest BCUT2D eigenvalue weighted by atomic mass is 16.6. The fourth-order valence-electron chi connectivity index (χ4n) is 5.99. The molecule has 4 aliphatic rings. The van der Waals surface area contributed by atoms with Crippen LogP contribution in [0.15, 0.2) is 42.5 Å². The Bertz CT molecular complexity index is 1220. The summed E-state index contributed by atoms with van der Waals surface area (Å²) in [6.45, 7) is 0. The lowest BCUT2D eigenvalue weighted by molar-refractivity contribution is -0.384. The van der Waals surface area contributed by atoms with Crippen LogP contribution < -0.4 is 9.80 Å². The Balaban J connectivity index is 1.29. The maximum Gasteiger partial charge on any atom is 0.270 e. The van der Waals surface area contributed by atoms with Gasteiger partial charge in [0.25, 0.3) is 17.5 Å². The van der Waals surface area contributed by atoms with Crippen LogP contribution in [0.4, 0.5) is 17.1 Å². The highest BCUT2D eigenvalue weighted by Gasteiger charge is 2.61. The minimum atomic E-state index is -0.652. The van der Waals surface area contributed by atoms with Gasteiger partial charge in [-0.05, 0) is 61.4 Å². The standard InChI is InChI=1S/C23H17N3O6/c27-20-16-8-7-15(26(31)32)10-17(16)21(28)24(20)13-3-5-14(6-4-13)25-22(29)18-11-1-2-12(9-11)19(18)23(25)30/h3-8,10-12,18-19H,1-2,9H2/t11-,12+,18-,19-/m0/s1. The first-order valence-electron chi connectivity index (χ1n) is 10.5. The molecule has 0 aromatic heterocycles. The van der Waals surface area contributed by atoms with Gasteiger partial charge in [0, 0.05) is 12.1 Å². The molecule has 2 aliphatic heterocycles. The van der Waals surface area contributed by atoms with Crippen LogP contribution in [0.2, 0.25) is 0 Å². The van der Waals surface area contributed by atoms with Crippen molar-refractivity contribution < 1.29 is 24.1 Å². The summed E-state index contributed by atoms with van der Waals surface area (Å²) in [5.41, 5.74) is 0.485. The zero-order valence-corrected chi connectivity index (χ0v) is 16.8. The van der Waals surface area contributed by atoms with Crippen molar-refractivity contribution in [3.63, 3.8) is 0 Å². The van der Waals surface area contributed by atoms with Crippen molar-refractivity contribution in [3.8, 4) is 0 Å². The van der Waals surface area contributed by atoms with E-state index in [1.54, 1.807) is 12.1 Å². The monoisotopic (exact) mass is 431 g/mol. The Hall–Kier alpha value is -3.88. The quantitative estimate of drug-likeness (QED) is 0.419. The highest BCUT2D eigenvalue weighted by molar-refractivity contribution is 6.34. The second-order valence-corrected chi connectivity index (χ2v) is 8.85. The molecule has 2 aliphatic carbocycles. The van der Waals surface area contributed by atoms with E-state index in [2.05, 4.69) is 0 Å². The summed E-state index contributed by atoms with van der Waals surface area (Å²) >= 11 is 0. The molecular formula is C23H17N3O6. The molecular weight excluding hydrogens is 414 g/mol. The van der Waals surface area contributed by atoms with E-state index in [0.29, 0.717) is 5.69 Å². The van der Waals surface area contributed by atoms with Gasteiger partial charge < -0.3 is 0 Å². The van der Waals surface area contributed by atoms with Gasteiger partial charge >= 0.3 is 0 Å². The number of benzene rings is 2. The second-order valence-electron chi connectivity index (χ2n) is 8.85. The van der Waals surface area contributed by atoms with Crippen molar-refractivity contribution in [1.82, 2.24) is 0 Å². The Labute approximate surface area is 181 Å². The molecule has 2 bridgehead atoms. The van der Waals surface area contributed by atoms with Gasteiger partial charge in [-0.2, -0.15) is 0 Å². The van der Waals surface area contributed by atoms with Crippen LogP contribution >= 0.6 is 0 Å². The number of nitro benzene ring substituents is 1. The van der Waals surface area contributed by atoms with E-state index in [1.165, 1.54) is 29.2 Å². The Kier molecular flexibility index (Phi) is 3.72. The number of amides is 4. The van der Waals surface area contributed by atoms with E-state index in [1.807, 2.05) is 0 Å². The van der Waals surface area contributed by atoms with E-state index >= 15 is 0 Å². The largest absolute Gasteiger partial charge is 0.274 e. The van der Waals surface area contributed by atoms with Gasteiger partial charge in [0.05, 0.1) is 39.3 Å². The molecule has 2 saturated carbocycles. The topological polar surface area (TPSA) is 118 Å². The summed E-state index contributed by atoms with van der Waals surface area (Å²) in [5, 5.41) is 11.0. The molecule has 32 heavy (non-hydrogen) atoms. The van der Waals surface area contributed by atoms with Gasteiger partial charge in [-0.3, -0.25) is 34.2 Å². The van der Waals surface area contributed by atoms with Gasteiger partial charge in [0.15, 0.2) is 0 Å². The first-order chi connectivity index (χ1) is 15.4. The molecule has 4 atom stereocenters. The smallest absolute Gasteiger partial charge is 0.270 e. The van der Waals surface area contributed by atoms with Crippen LogP contribution in [-0.2, 0) is 9.59 Å². The maximum atomic E-state index is 13.0. The molecule has 0 N–H and O–H groups in total. The van der Waals surface area contributed by atoms with E-state index in [-0.39, 0.29) is 58.0 Å². The number of non-ortho nitro benzene ring substituents is 1. The molecule has 1 saturated heterocycles. The van der Waals surface area contributed by atoms with Gasteiger partial charge in [0.1, 0.15) is 0 Å². The lowest BCUT2D eigenvalue weighted by Gasteiger charge is -2.19. The molecule has 2 aromatic rings. The lowest BCUT2D eigenvalue weighted by atomic mass is 9.81. The van der Waals surface area contributed by atoms with Crippen LogP contribution in [0, 0.1) is 33.8 Å².